The molecule has 1 atom stereocenters. The van der Waals surface area contributed by atoms with Crippen LogP contribution in [-0.2, 0) is 0 Å². The second-order valence-corrected chi connectivity index (χ2v) is 4.27. The summed E-state index contributed by atoms with van der Waals surface area (Å²) in [6, 6.07) is 4.63. The number of rotatable bonds is 2. The van der Waals surface area contributed by atoms with E-state index in [0.29, 0.717) is 10.0 Å². The SMILES string of the molecule is CC(C)=CC(O)c1ccc(Br)cc1F. The fraction of sp³-hybridized carbons (Fsp3) is 0.273. The Hall–Kier alpha value is -0.670. The first-order valence-corrected chi connectivity index (χ1v) is 5.08. The first-order valence-electron chi connectivity index (χ1n) is 4.28. The molecule has 0 fully saturated rings. The third-order valence-electron chi connectivity index (χ3n) is 1.77. The molecule has 0 bridgehead atoms. The van der Waals surface area contributed by atoms with Crippen molar-refractivity contribution in [1.82, 2.24) is 0 Å². The maximum atomic E-state index is 13.3. The van der Waals surface area contributed by atoms with Gasteiger partial charge in [-0.25, -0.2) is 4.39 Å². The van der Waals surface area contributed by atoms with Crippen LogP contribution in [0.15, 0.2) is 34.3 Å². The van der Waals surface area contributed by atoms with Crippen molar-refractivity contribution in [2.24, 2.45) is 0 Å². The standard InChI is InChI=1S/C11H12BrFO/c1-7(2)5-11(14)9-4-3-8(12)6-10(9)13/h3-6,11,14H,1-2H3. The molecule has 0 amide bonds. The van der Waals surface area contributed by atoms with Crippen molar-refractivity contribution in [2.75, 3.05) is 0 Å². The van der Waals surface area contributed by atoms with Gasteiger partial charge in [-0.05, 0) is 26.0 Å². The first-order chi connectivity index (χ1) is 6.50. The van der Waals surface area contributed by atoms with Gasteiger partial charge in [0.2, 0.25) is 0 Å². The second kappa shape index (κ2) is 4.71. The fourth-order valence-electron chi connectivity index (χ4n) is 1.15. The highest BCUT2D eigenvalue weighted by atomic mass is 79.9. The Labute approximate surface area is 91.4 Å². The van der Waals surface area contributed by atoms with Crippen LogP contribution in [0.2, 0.25) is 0 Å². The van der Waals surface area contributed by atoms with E-state index < -0.39 is 11.9 Å². The lowest BCUT2D eigenvalue weighted by Crippen LogP contribution is -1.97. The smallest absolute Gasteiger partial charge is 0.130 e. The van der Waals surface area contributed by atoms with Gasteiger partial charge in [-0.3, -0.25) is 0 Å². The van der Waals surface area contributed by atoms with Crippen LogP contribution in [0.5, 0.6) is 0 Å². The van der Waals surface area contributed by atoms with Crippen LogP contribution < -0.4 is 0 Å². The molecular formula is C11H12BrFO. The molecule has 1 aromatic carbocycles. The Kier molecular flexibility index (Phi) is 3.84. The third kappa shape index (κ3) is 2.93. The molecule has 0 spiro atoms. The average Bonchev–Trinajstić information content (AvgIpc) is 2.01. The second-order valence-electron chi connectivity index (χ2n) is 3.35. The van der Waals surface area contributed by atoms with E-state index in [2.05, 4.69) is 15.9 Å². The minimum Gasteiger partial charge on any atom is -0.384 e. The first kappa shape index (κ1) is 11.4. The monoisotopic (exact) mass is 258 g/mol. The van der Waals surface area contributed by atoms with E-state index in [1.165, 1.54) is 6.07 Å². The van der Waals surface area contributed by atoms with Crippen LogP contribution in [0.25, 0.3) is 0 Å². The van der Waals surface area contributed by atoms with Gasteiger partial charge in [0.25, 0.3) is 0 Å². The van der Waals surface area contributed by atoms with Crippen LogP contribution in [0.4, 0.5) is 4.39 Å². The number of benzene rings is 1. The van der Waals surface area contributed by atoms with Crippen molar-refractivity contribution in [1.29, 1.82) is 0 Å². The minimum atomic E-state index is -0.868. The number of aliphatic hydroxyl groups excluding tert-OH is 1. The van der Waals surface area contributed by atoms with E-state index in [-0.39, 0.29) is 0 Å². The van der Waals surface area contributed by atoms with Gasteiger partial charge < -0.3 is 5.11 Å². The van der Waals surface area contributed by atoms with E-state index in [4.69, 9.17) is 0 Å². The molecule has 76 valence electrons. The van der Waals surface area contributed by atoms with Crippen molar-refractivity contribution < 1.29 is 9.50 Å². The van der Waals surface area contributed by atoms with E-state index in [1.54, 1.807) is 18.2 Å². The summed E-state index contributed by atoms with van der Waals surface area (Å²) in [5.74, 6) is -0.399. The van der Waals surface area contributed by atoms with Crippen LogP contribution in [-0.4, -0.2) is 5.11 Å². The van der Waals surface area contributed by atoms with Gasteiger partial charge >= 0.3 is 0 Å². The Morgan fingerprint density at radius 1 is 1.50 bits per heavy atom. The maximum absolute atomic E-state index is 13.3. The Morgan fingerprint density at radius 2 is 2.14 bits per heavy atom. The predicted molar refractivity (Wildman–Crippen MR) is 58.5 cm³/mol. The molecular weight excluding hydrogens is 247 g/mol. The zero-order chi connectivity index (χ0) is 10.7. The molecule has 1 nitrogen and oxygen atoms in total. The summed E-state index contributed by atoms with van der Waals surface area (Å²) in [5, 5.41) is 9.63. The third-order valence-corrected chi connectivity index (χ3v) is 2.27. The molecule has 0 radical (unpaired) electrons. The summed E-state index contributed by atoms with van der Waals surface area (Å²) in [6.45, 7) is 3.72. The molecule has 1 aromatic rings. The van der Waals surface area contributed by atoms with E-state index in [1.807, 2.05) is 13.8 Å². The van der Waals surface area contributed by atoms with Crippen molar-refractivity contribution in [3.05, 3.63) is 45.7 Å². The zero-order valence-electron chi connectivity index (χ0n) is 8.09. The Balaban J connectivity index is 3.02. The lowest BCUT2D eigenvalue weighted by molar-refractivity contribution is 0.222. The van der Waals surface area contributed by atoms with Gasteiger partial charge in [0.15, 0.2) is 0 Å². The molecule has 1 N–H and O–H groups in total. The maximum Gasteiger partial charge on any atom is 0.130 e. The zero-order valence-corrected chi connectivity index (χ0v) is 9.68. The van der Waals surface area contributed by atoms with Gasteiger partial charge in [-0.2, -0.15) is 0 Å². The fourth-order valence-corrected chi connectivity index (χ4v) is 1.48. The highest BCUT2D eigenvalue weighted by molar-refractivity contribution is 9.10. The summed E-state index contributed by atoms with van der Waals surface area (Å²) in [6.07, 6.45) is 0.750. The van der Waals surface area contributed by atoms with Crippen LogP contribution in [0.3, 0.4) is 0 Å². The minimum absolute atomic E-state index is 0.300. The normalized spacial score (nSPS) is 12.4. The molecule has 0 saturated carbocycles. The van der Waals surface area contributed by atoms with Crippen molar-refractivity contribution in [2.45, 2.75) is 20.0 Å². The molecule has 0 aliphatic heterocycles. The number of aliphatic hydroxyl groups is 1. The van der Waals surface area contributed by atoms with E-state index >= 15 is 0 Å². The van der Waals surface area contributed by atoms with Crippen molar-refractivity contribution in [3.63, 3.8) is 0 Å². The van der Waals surface area contributed by atoms with Gasteiger partial charge in [0.05, 0.1) is 0 Å². The number of hydrogen-bond donors (Lipinski definition) is 1. The Morgan fingerprint density at radius 3 is 2.64 bits per heavy atom. The molecule has 1 rings (SSSR count). The van der Waals surface area contributed by atoms with Gasteiger partial charge in [-0.15, -0.1) is 0 Å². The molecule has 1 unspecified atom stereocenters. The molecule has 0 aliphatic carbocycles. The van der Waals surface area contributed by atoms with Crippen molar-refractivity contribution >= 4 is 15.9 Å². The lowest BCUT2D eigenvalue weighted by atomic mass is 10.1. The van der Waals surface area contributed by atoms with Crippen LogP contribution in [0.1, 0.15) is 25.5 Å². The van der Waals surface area contributed by atoms with Gasteiger partial charge in [-0.1, -0.05) is 33.6 Å². The van der Waals surface area contributed by atoms with E-state index in [0.717, 1.165) is 5.57 Å². The van der Waals surface area contributed by atoms with Crippen LogP contribution in [0, 0.1) is 5.82 Å². The quantitative estimate of drug-likeness (QED) is 0.805. The lowest BCUT2D eigenvalue weighted by Gasteiger charge is -2.08. The van der Waals surface area contributed by atoms with Crippen LogP contribution >= 0.6 is 15.9 Å². The summed E-state index contributed by atoms with van der Waals surface area (Å²) in [7, 11) is 0. The van der Waals surface area contributed by atoms with E-state index in [9.17, 15) is 9.50 Å². The molecule has 3 heteroatoms. The summed E-state index contributed by atoms with van der Waals surface area (Å²) < 4.78 is 14.0. The highest BCUT2D eigenvalue weighted by Gasteiger charge is 2.09. The summed E-state index contributed by atoms with van der Waals surface area (Å²) in [4.78, 5) is 0. The van der Waals surface area contributed by atoms with Gasteiger partial charge in [0, 0.05) is 10.0 Å². The van der Waals surface area contributed by atoms with Crippen molar-refractivity contribution in [3.8, 4) is 0 Å². The number of halogens is 2. The molecule has 0 aromatic heterocycles. The molecule has 0 heterocycles. The number of allylic oxidation sites excluding steroid dienone is 1. The van der Waals surface area contributed by atoms with Gasteiger partial charge in [0.1, 0.15) is 11.9 Å². The predicted octanol–water partition coefficient (Wildman–Crippen LogP) is 3.59. The summed E-state index contributed by atoms with van der Waals surface area (Å²) in [5.41, 5.74) is 1.26. The molecule has 0 aliphatic rings. The molecule has 14 heavy (non-hydrogen) atoms. The average molecular weight is 259 g/mol. The summed E-state index contributed by atoms with van der Waals surface area (Å²) >= 11 is 3.16. The highest BCUT2D eigenvalue weighted by Crippen LogP contribution is 2.22. The Bertz CT molecular complexity index is 356. The largest absolute Gasteiger partial charge is 0.384 e. The molecule has 0 saturated heterocycles. The number of hydrogen-bond acceptors (Lipinski definition) is 1. The topological polar surface area (TPSA) is 20.2 Å².